The Hall–Kier alpha value is -3.59. The van der Waals surface area contributed by atoms with E-state index >= 15 is 0 Å². The van der Waals surface area contributed by atoms with Gasteiger partial charge in [-0.15, -0.1) is 0 Å². The van der Waals surface area contributed by atoms with Gasteiger partial charge in [0.2, 0.25) is 0 Å². The van der Waals surface area contributed by atoms with Gasteiger partial charge in [-0.1, -0.05) is 48.5 Å². The molecule has 0 bridgehead atoms. The summed E-state index contributed by atoms with van der Waals surface area (Å²) in [7, 11) is 0. The molecule has 0 radical (unpaired) electrons. The molecule has 3 heteroatoms. The third kappa shape index (κ3) is 2.74. The van der Waals surface area contributed by atoms with Crippen molar-refractivity contribution < 1.29 is 4.39 Å². The number of benzene rings is 4. The molecule has 0 atom stereocenters. The maximum Gasteiger partial charge on any atom is 0.123 e. The van der Waals surface area contributed by atoms with Crippen molar-refractivity contribution in [3.63, 3.8) is 0 Å². The van der Waals surface area contributed by atoms with Crippen LogP contribution < -0.4 is 0 Å². The Morgan fingerprint density at radius 3 is 2.30 bits per heavy atom. The maximum absolute atomic E-state index is 13.3. The Labute approximate surface area is 156 Å². The van der Waals surface area contributed by atoms with Crippen molar-refractivity contribution in [2.24, 2.45) is 0 Å². The number of fused-ring (bicyclic) bond motifs is 2. The third-order valence-electron chi connectivity index (χ3n) is 4.85. The van der Waals surface area contributed by atoms with Crippen LogP contribution in [0.2, 0.25) is 0 Å². The van der Waals surface area contributed by atoms with E-state index in [0.29, 0.717) is 0 Å². The summed E-state index contributed by atoms with van der Waals surface area (Å²) in [4.78, 5) is 8.89. The number of nitrogens with zero attached hydrogens (tertiary/aromatic N) is 2. The molecule has 0 unspecified atom stereocenters. The van der Waals surface area contributed by atoms with Gasteiger partial charge in [0.05, 0.1) is 11.2 Å². The van der Waals surface area contributed by atoms with Gasteiger partial charge in [0.1, 0.15) is 12.1 Å². The molecule has 0 N–H and O–H groups in total. The van der Waals surface area contributed by atoms with Crippen LogP contribution in [-0.4, -0.2) is 9.97 Å². The van der Waals surface area contributed by atoms with Gasteiger partial charge in [-0.25, -0.2) is 14.4 Å². The largest absolute Gasteiger partial charge is 0.236 e. The number of aromatic nitrogens is 2. The van der Waals surface area contributed by atoms with E-state index in [9.17, 15) is 4.39 Å². The first-order valence-corrected chi connectivity index (χ1v) is 8.78. The zero-order valence-electron chi connectivity index (χ0n) is 14.4. The van der Waals surface area contributed by atoms with Gasteiger partial charge < -0.3 is 0 Å². The Morgan fingerprint density at radius 2 is 1.41 bits per heavy atom. The fourth-order valence-corrected chi connectivity index (χ4v) is 3.54. The first-order chi connectivity index (χ1) is 13.3. The molecule has 2 nitrogen and oxygen atoms in total. The summed E-state index contributed by atoms with van der Waals surface area (Å²) in [5, 5.41) is 3.38. The normalized spacial score (nSPS) is 11.1. The SMILES string of the molecule is Fc1ccc(-c2ncnc3cc(-c4cccc5ccccc45)ccc23)cc1. The van der Waals surface area contributed by atoms with Crippen LogP contribution in [0.3, 0.4) is 0 Å². The molecule has 0 saturated heterocycles. The third-order valence-corrected chi connectivity index (χ3v) is 4.85. The first-order valence-electron chi connectivity index (χ1n) is 8.78. The highest BCUT2D eigenvalue weighted by Crippen LogP contribution is 2.32. The van der Waals surface area contributed by atoms with Crippen LogP contribution in [-0.2, 0) is 0 Å². The van der Waals surface area contributed by atoms with E-state index in [1.54, 1.807) is 18.5 Å². The lowest BCUT2D eigenvalue weighted by Gasteiger charge is -2.10. The Morgan fingerprint density at radius 1 is 0.630 bits per heavy atom. The van der Waals surface area contributed by atoms with Gasteiger partial charge in [-0.2, -0.15) is 0 Å². The summed E-state index contributed by atoms with van der Waals surface area (Å²) < 4.78 is 13.3. The van der Waals surface area contributed by atoms with E-state index in [1.807, 2.05) is 6.07 Å². The maximum atomic E-state index is 13.3. The quantitative estimate of drug-likeness (QED) is 0.376. The standard InChI is InChI=1S/C24H15FN2/c25-19-11-8-17(9-12-19)24-22-13-10-18(14-23(22)26-15-27-24)21-7-3-5-16-4-1-2-6-20(16)21/h1-15H. The highest BCUT2D eigenvalue weighted by atomic mass is 19.1. The van der Waals surface area contributed by atoms with Gasteiger partial charge >= 0.3 is 0 Å². The molecule has 128 valence electrons. The zero-order valence-corrected chi connectivity index (χ0v) is 14.4. The first kappa shape index (κ1) is 15.6. The van der Waals surface area contributed by atoms with Crippen LogP contribution in [0.5, 0.6) is 0 Å². The second-order valence-electron chi connectivity index (χ2n) is 6.49. The minimum Gasteiger partial charge on any atom is -0.236 e. The minimum atomic E-state index is -0.254. The van der Waals surface area contributed by atoms with Crippen LogP contribution in [0.15, 0.2) is 91.3 Å². The lowest BCUT2D eigenvalue weighted by atomic mass is 9.96. The molecular weight excluding hydrogens is 335 g/mol. The Balaban J connectivity index is 1.70. The monoisotopic (exact) mass is 350 g/mol. The van der Waals surface area contributed by atoms with E-state index in [1.165, 1.54) is 28.5 Å². The summed E-state index contributed by atoms with van der Waals surface area (Å²) in [5.41, 5.74) is 4.85. The van der Waals surface area contributed by atoms with Crippen molar-refractivity contribution in [3.05, 3.63) is 97.1 Å². The second kappa shape index (κ2) is 6.29. The van der Waals surface area contributed by atoms with Crippen molar-refractivity contribution in [1.82, 2.24) is 9.97 Å². The van der Waals surface area contributed by atoms with Gasteiger partial charge in [0.25, 0.3) is 0 Å². The second-order valence-corrected chi connectivity index (χ2v) is 6.49. The number of rotatable bonds is 2. The topological polar surface area (TPSA) is 25.8 Å². The van der Waals surface area contributed by atoms with Crippen LogP contribution in [0.25, 0.3) is 44.1 Å². The molecule has 1 heterocycles. The van der Waals surface area contributed by atoms with Crippen molar-refractivity contribution in [3.8, 4) is 22.4 Å². The highest BCUT2D eigenvalue weighted by Gasteiger charge is 2.09. The minimum absolute atomic E-state index is 0.254. The number of hydrogen-bond acceptors (Lipinski definition) is 2. The molecule has 5 rings (SSSR count). The zero-order chi connectivity index (χ0) is 18.2. The Kier molecular flexibility index (Phi) is 3.65. The van der Waals surface area contributed by atoms with Gasteiger partial charge in [0, 0.05) is 10.9 Å². The molecule has 1 aromatic heterocycles. The van der Waals surface area contributed by atoms with Crippen molar-refractivity contribution >= 4 is 21.7 Å². The molecule has 5 aromatic rings. The molecule has 27 heavy (non-hydrogen) atoms. The molecule has 0 fully saturated rings. The molecule has 0 saturated carbocycles. The van der Waals surface area contributed by atoms with E-state index in [0.717, 1.165) is 27.7 Å². The average Bonchev–Trinajstić information content (AvgIpc) is 2.73. The van der Waals surface area contributed by atoms with Gasteiger partial charge in [0.15, 0.2) is 0 Å². The molecular formula is C24H15FN2. The summed E-state index contributed by atoms with van der Waals surface area (Å²) >= 11 is 0. The van der Waals surface area contributed by atoms with Crippen LogP contribution in [0.1, 0.15) is 0 Å². The summed E-state index contributed by atoms with van der Waals surface area (Å²) in [6.07, 6.45) is 1.56. The predicted octanol–water partition coefficient (Wildman–Crippen LogP) is 6.26. The summed E-state index contributed by atoms with van der Waals surface area (Å²) in [5.74, 6) is -0.254. The molecule has 0 aliphatic rings. The van der Waals surface area contributed by atoms with Crippen molar-refractivity contribution in [2.45, 2.75) is 0 Å². The fraction of sp³-hybridized carbons (Fsp3) is 0. The number of halogens is 1. The molecule has 0 aliphatic carbocycles. The van der Waals surface area contributed by atoms with Crippen LogP contribution in [0, 0.1) is 5.82 Å². The van der Waals surface area contributed by atoms with Gasteiger partial charge in [-0.3, -0.25) is 0 Å². The smallest absolute Gasteiger partial charge is 0.123 e. The highest BCUT2D eigenvalue weighted by molar-refractivity contribution is 6.00. The Bertz CT molecular complexity index is 1270. The predicted molar refractivity (Wildman–Crippen MR) is 108 cm³/mol. The van der Waals surface area contributed by atoms with E-state index < -0.39 is 0 Å². The lowest BCUT2D eigenvalue weighted by Crippen LogP contribution is -1.90. The molecule has 0 amide bonds. The molecule has 0 spiro atoms. The lowest BCUT2D eigenvalue weighted by molar-refractivity contribution is 0.628. The van der Waals surface area contributed by atoms with E-state index in [2.05, 4.69) is 64.6 Å². The van der Waals surface area contributed by atoms with Gasteiger partial charge in [-0.05, 0) is 58.3 Å². The molecule has 4 aromatic carbocycles. The number of hydrogen-bond donors (Lipinski definition) is 0. The van der Waals surface area contributed by atoms with E-state index in [4.69, 9.17) is 0 Å². The summed E-state index contributed by atoms with van der Waals surface area (Å²) in [6, 6.07) is 27.3. The van der Waals surface area contributed by atoms with Crippen LogP contribution in [0.4, 0.5) is 4.39 Å². The van der Waals surface area contributed by atoms with Crippen molar-refractivity contribution in [1.29, 1.82) is 0 Å². The average molecular weight is 350 g/mol. The molecule has 0 aliphatic heterocycles. The van der Waals surface area contributed by atoms with E-state index in [-0.39, 0.29) is 5.82 Å². The fourth-order valence-electron chi connectivity index (χ4n) is 3.54. The van der Waals surface area contributed by atoms with Crippen molar-refractivity contribution in [2.75, 3.05) is 0 Å². The summed E-state index contributed by atoms with van der Waals surface area (Å²) in [6.45, 7) is 0. The van der Waals surface area contributed by atoms with Crippen LogP contribution >= 0.6 is 0 Å².